The normalized spacial score (nSPS) is 17.7. The Morgan fingerprint density at radius 1 is 1.18 bits per heavy atom. The molecule has 1 aliphatic heterocycles. The predicted molar refractivity (Wildman–Crippen MR) is 121 cm³/mol. The summed E-state index contributed by atoms with van der Waals surface area (Å²) < 4.78 is 47.3. The van der Waals surface area contributed by atoms with E-state index in [1.54, 1.807) is 6.92 Å². The van der Waals surface area contributed by atoms with E-state index in [1.807, 2.05) is 6.92 Å². The molecule has 0 aliphatic carbocycles. The molecular weight excluding hydrogens is 496 g/mol. The average molecular weight is 517 g/mol. The maximum absolute atomic E-state index is 14.1. The number of carbonyl (C=O) groups is 2. The number of rotatable bonds is 6. The largest absolute Gasteiger partial charge is 0.449 e. The number of ether oxygens (including phenoxy) is 1. The third-order valence-corrected chi connectivity index (χ3v) is 6.06. The first-order valence-corrected chi connectivity index (χ1v) is 11.1. The molecule has 34 heavy (non-hydrogen) atoms. The van der Waals surface area contributed by atoms with Crippen molar-refractivity contribution in [2.45, 2.75) is 44.9 Å². The zero-order chi connectivity index (χ0) is 25.1. The van der Waals surface area contributed by atoms with Crippen LogP contribution in [-0.4, -0.2) is 30.5 Å². The molecule has 2 aromatic carbocycles. The van der Waals surface area contributed by atoms with Gasteiger partial charge in [0.15, 0.2) is 0 Å². The third kappa shape index (κ3) is 5.31. The van der Waals surface area contributed by atoms with Crippen molar-refractivity contribution in [2.24, 2.45) is 5.16 Å². The Bertz CT molecular complexity index is 1140. The summed E-state index contributed by atoms with van der Waals surface area (Å²) in [5.41, 5.74) is -1.99. The fourth-order valence-electron chi connectivity index (χ4n) is 3.41. The minimum atomic E-state index is -4.80. The highest BCUT2D eigenvalue weighted by Crippen LogP contribution is 2.49. The zero-order valence-electron chi connectivity index (χ0n) is 18.3. The summed E-state index contributed by atoms with van der Waals surface area (Å²) >= 11 is 11.8. The van der Waals surface area contributed by atoms with E-state index in [0.29, 0.717) is 17.5 Å². The number of benzene rings is 2. The van der Waals surface area contributed by atoms with Crippen molar-refractivity contribution in [3.05, 3.63) is 68.7 Å². The molecule has 182 valence electrons. The van der Waals surface area contributed by atoms with Crippen molar-refractivity contribution in [2.75, 3.05) is 6.61 Å². The highest BCUT2D eigenvalue weighted by atomic mass is 35.5. The lowest BCUT2D eigenvalue weighted by atomic mass is 9.86. The van der Waals surface area contributed by atoms with Gasteiger partial charge in [0.25, 0.3) is 11.5 Å². The van der Waals surface area contributed by atoms with Gasteiger partial charge in [0.2, 0.25) is 0 Å². The minimum absolute atomic E-state index is 0.0393. The van der Waals surface area contributed by atoms with Gasteiger partial charge in [-0.15, -0.1) is 0 Å². The first-order valence-electron chi connectivity index (χ1n) is 10.3. The number of nitrogens with zero attached hydrogens (tertiary/aromatic N) is 1. The first-order chi connectivity index (χ1) is 16.0. The fourth-order valence-corrected chi connectivity index (χ4v) is 3.71. The van der Waals surface area contributed by atoms with E-state index in [1.165, 1.54) is 30.3 Å². The van der Waals surface area contributed by atoms with Gasteiger partial charge in [-0.1, -0.05) is 53.8 Å². The standard InChI is InChI=1S/C23H21Cl2F3N2O4/c1-3-4-9-33-21(32)29-20(31)16-7-5-14(10-13(16)2)19-12-22(34-30-19,23(26,27)28)15-6-8-17(24)18(25)11-15/h5-8,10-11H,3-4,9,12H2,1-2H3,(H,29,31,32). The molecule has 0 saturated carbocycles. The highest BCUT2D eigenvalue weighted by Gasteiger charge is 2.62. The molecular formula is C23H21Cl2F3N2O4. The number of alkyl halides is 3. The minimum Gasteiger partial charge on any atom is -0.449 e. The van der Waals surface area contributed by atoms with E-state index in [-0.39, 0.29) is 33.5 Å². The molecule has 1 atom stereocenters. The number of amides is 2. The molecule has 1 heterocycles. The Morgan fingerprint density at radius 2 is 1.91 bits per heavy atom. The number of nitrogens with one attached hydrogen (secondary N) is 1. The number of oxime groups is 1. The second-order valence-electron chi connectivity index (χ2n) is 7.73. The molecule has 11 heteroatoms. The number of unbranched alkanes of at least 4 members (excludes halogenated alkanes) is 1. The Hall–Kier alpha value is -2.78. The number of halogens is 5. The van der Waals surface area contributed by atoms with Gasteiger partial charge in [-0.05, 0) is 48.7 Å². The molecule has 3 rings (SSSR count). The number of carbonyl (C=O) groups excluding carboxylic acids is 2. The van der Waals surface area contributed by atoms with Crippen molar-refractivity contribution in [3.63, 3.8) is 0 Å². The number of hydrogen-bond acceptors (Lipinski definition) is 5. The summed E-state index contributed by atoms with van der Waals surface area (Å²) in [4.78, 5) is 29.1. The Balaban J connectivity index is 1.80. The fraction of sp³-hybridized carbons (Fsp3) is 0.348. The first kappa shape index (κ1) is 25.8. The van der Waals surface area contributed by atoms with Crippen LogP contribution >= 0.6 is 23.2 Å². The van der Waals surface area contributed by atoms with Gasteiger partial charge in [0.1, 0.15) is 0 Å². The maximum Gasteiger partial charge on any atom is 0.435 e. The number of alkyl carbamates (subject to hydrolysis) is 1. The smallest absolute Gasteiger partial charge is 0.435 e. The topological polar surface area (TPSA) is 77.0 Å². The summed E-state index contributed by atoms with van der Waals surface area (Å²) in [5.74, 6) is -0.685. The molecule has 1 aliphatic rings. The highest BCUT2D eigenvalue weighted by molar-refractivity contribution is 6.42. The molecule has 0 fully saturated rings. The van der Waals surface area contributed by atoms with Crippen molar-refractivity contribution in [3.8, 4) is 0 Å². The lowest BCUT2D eigenvalue weighted by Gasteiger charge is -2.29. The van der Waals surface area contributed by atoms with Crippen LogP contribution in [-0.2, 0) is 15.2 Å². The predicted octanol–water partition coefficient (Wildman–Crippen LogP) is 6.55. The number of imide groups is 1. The van der Waals surface area contributed by atoms with Crippen LogP contribution in [0.5, 0.6) is 0 Å². The van der Waals surface area contributed by atoms with Crippen molar-refractivity contribution in [1.82, 2.24) is 5.32 Å². The van der Waals surface area contributed by atoms with Crippen LogP contribution in [0.15, 0.2) is 41.6 Å². The molecule has 1 unspecified atom stereocenters. The van der Waals surface area contributed by atoms with Crippen LogP contribution in [0.4, 0.5) is 18.0 Å². The van der Waals surface area contributed by atoms with Crippen LogP contribution in [0.2, 0.25) is 10.0 Å². The van der Waals surface area contributed by atoms with Gasteiger partial charge < -0.3 is 9.57 Å². The Kier molecular flexibility index (Phi) is 7.77. The van der Waals surface area contributed by atoms with Crippen LogP contribution in [0, 0.1) is 6.92 Å². The summed E-state index contributed by atoms with van der Waals surface area (Å²) in [7, 11) is 0. The lowest BCUT2D eigenvalue weighted by Crippen LogP contribution is -2.42. The van der Waals surface area contributed by atoms with Gasteiger partial charge in [0, 0.05) is 17.5 Å². The van der Waals surface area contributed by atoms with Gasteiger partial charge >= 0.3 is 12.3 Å². The number of hydrogen-bond donors (Lipinski definition) is 1. The molecule has 2 amide bonds. The lowest BCUT2D eigenvalue weighted by molar-refractivity contribution is -0.275. The van der Waals surface area contributed by atoms with Crippen LogP contribution in [0.25, 0.3) is 0 Å². The van der Waals surface area contributed by atoms with E-state index in [2.05, 4.69) is 10.5 Å². The second-order valence-corrected chi connectivity index (χ2v) is 8.55. The summed E-state index contributed by atoms with van der Waals surface area (Å²) in [6.45, 7) is 3.71. The summed E-state index contributed by atoms with van der Waals surface area (Å²) in [6.07, 6.45) is -4.78. The van der Waals surface area contributed by atoms with E-state index < -0.39 is 30.2 Å². The quantitative estimate of drug-likeness (QED) is 0.441. The Labute approximate surface area is 204 Å². The third-order valence-electron chi connectivity index (χ3n) is 5.32. The van der Waals surface area contributed by atoms with Crippen molar-refractivity contribution in [1.29, 1.82) is 0 Å². The Morgan fingerprint density at radius 3 is 2.53 bits per heavy atom. The maximum atomic E-state index is 14.1. The van der Waals surface area contributed by atoms with E-state index >= 15 is 0 Å². The van der Waals surface area contributed by atoms with Gasteiger partial charge in [-0.2, -0.15) is 13.2 Å². The van der Waals surface area contributed by atoms with Gasteiger partial charge in [0.05, 0.1) is 22.4 Å². The van der Waals surface area contributed by atoms with Crippen molar-refractivity contribution >= 4 is 40.9 Å². The summed E-state index contributed by atoms with van der Waals surface area (Å²) in [6, 6.07) is 7.90. The molecule has 1 N–H and O–H groups in total. The van der Waals surface area contributed by atoms with Crippen molar-refractivity contribution < 1.29 is 32.3 Å². The van der Waals surface area contributed by atoms with Gasteiger partial charge in [-0.25, -0.2) is 4.79 Å². The molecule has 0 spiro atoms. The molecule has 6 nitrogen and oxygen atoms in total. The second kappa shape index (κ2) is 10.2. The molecule has 2 aromatic rings. The molecule has 0 saturated heterocycles. The van der Waals surface area contributed by atoms with Crippen LogP contribution in [0.3, 0.4) is 0 Å². The van der Waals surface area contributed by atoms with E-state index in [9.17, 15) is 22.8 Å². The summed E-state index contributed by atoms with van der Waals surface area (Å²) in [5, 5.41) is 5.90. The number of aryl methyl sites for hydroxylation is 1. The zero-order valence-corrected chi connectivity index (χ0v) is 19.8. The molecule has 0 bridgehead atoms. The monoisotopic (exact) mass is 516 g/mol. The SMILES string of the molecule is CCCCOC(=O)NC(=O)c1ccc(C2=NOC(c3ccc(Cl)c(Cl)c3)(C(F)(F)F)C2)cc1C. The average Bonchev–Trinajstić information content (AvgIpc) is 3.22. The van der Waals surface area contributed by atoms with E-state index in [0.717, 1.165) is 12.5 Å². The van der Waals surface area contributed by atoms with Gasteiger partial charge in [-0.3, -0.25) is 10.1 Å². The van der Waals surface area contributed by atoms with Crippen LogP contribution < -0.4 is 5.32 Å². The van der Waals surface area contributed by atoms with E-state index in [4.69, 9.17) is 32.8 Å². The van der Waals surface area contributed by atoms with Crippen LogP contribution in [0.1, 0.15) is 53.2 Å². The molecule has 0 aromatic heterocycles. The molecule has 0 radical (unpaired) electrons.